The highest BCUT2D eigenvalue weighted by molar-refractivity contribution is 9.10. The summed E-state index contributed by atoms with van der Waals surface area (Å²) in [6, 6.07) is 9.54. The van der Waals surface area contributed by atoms with Crippen molar-refractivity contribution in [3.8, 4) is 11.5 Å². The van der Waals surface area contributed by atoms with Crippen LogP contribution < -0.4 is 20.1 Å². The van der Waals surface area contributed by atoms with Crippen molar-refractivity contribution in [1.29, 1.82) is 0 Å². The molecule has 0 aromatic heterocycles. The van der Waals surface area contributed by atoms with E-state index in [2.05, 4.69) is 26.6 Å². The van der Waals surface area contributed by atoms with Gasteiger partial charge in [-0.05, 0) is 54.0 Å². The van der Waals surface area contributed by atoms with E-state index in [1.54, 1.807) is 7.11 Å². The Labute approximate surface area is 212 Å². The minimum atomic E-state index is -0.250. The maximum Gasteiger partial charge on any atom is 0.163 e. The summed E-state index contributed by atoms with van der Waals surface area (Å²) in [7, 11) is 1.62. The second-order valence-corrected chi connectivity index (χ2v) is 9.61. The molecule has 182 valence electrons. The molecule has 0 radical (unpaired) electrons. The van der Waals surface area contributed by atoms with Gasteiger partial charge in [-0.25, -0.2) is 4.99 Å². The van der Waals surface area contributed by atoms with Crippen molar-refractivity contribution in [2.75, 3.05) is 37.6 Å². The molecule has 34 heavy (non-hydrogen) atoms. The predicted octanol–water partition coefficient (Wildman–Crippen LogP) is 4.69. The molecule has 0 spiro atoms. The van der Waals surface area contributed by atoms with E-state index >= 15 is 0 Å². The van der Waals surface area contributed by atoms with E-state index in [0.717, 1.165) is 21.4 Å². The second kappa shape index (κ2) is 9.91. The van der Waals surface area contributed by atoms with E-state index < -0.39 is 0 Å². The molecule has 2 aromatic rings. The molecular weight excluding hydrogens is 526 g/mol. The summed E-state index contributed by atoms with van der Waals surface area (Å²) < 4.78 is 30.5. The van der Waals surface area contributed by atoms with Gasteiger partial charge in [-0.1, -0.05) is 11.6 Å². The molecule has 3 heterocycles. The SMILES string of the molecule is CCO[C@H]1CO[C@H]2[C@@H]1OC[C@@H]2Oc1cc2c(cc1OC)C(Nc1ccc(Br)c(Cl)c1)=N[C@H](C)N2. The molecule has 5 atom stereocenters. The normalized spacial score (nSPS) is 27.4. The monoisotopic (exact) mass is 551 g/mol. The highest BCUT2D eigenvalue weighted by atomic mass is 79.9. The predicted molar refractivity (Wildman–Crippen MR) is 135 cm³/mol. The van der Waals surface area contributed by atoms with Crippen molar-refractivity contribution in [3.63, 3.8) is 0 Å². The number of aliphatic imine (C=N–C) groups is 1. The zero-order valence-electron chi connectivity index (χ0n) is 19.1. The lowest BCUT2D eigenvalue weighted by Gasteiger charge is -2.27. The first-order chi connectivity index (χ1) is 16.5. The lowest BCUT2D eigenvalue weighted by Crippen LogP contribution is -2.35. The third-order valence-corrected chi connectivity index (χ3v) is 7.28. The minimum Gasteiger partial charge on any atom is -0.493 e. The summed E-state index contributed by atoms with van der Waals surface area (Å²) in [5, 5.41) is 7.40. The number of hydrogen-bond acceptors (Lipinski definition) is 8. The topological polar surface area (TPSA) is 82.6 Å². The number of fused-ring (bicyclic) bond motifs is 2. The van der Waals surface area contributed by atoms with Crippen molar-refractivity contribution in [3.05, 3.63) is 45.4 Å². The average Bonchev–Trinajstić information content (AvgIpc) is 3.39. The molecule has 8 nitrogen and oxygen atoms in total. The van der Waals surface area contributed by atoms with Gasteiger partial charge in [0.15, 0.2) is 17.6 Å². The first-order valence-corrected chi connectivity index (χ1v) is 12.4. The Morgan fingerprint density at radius 3 is 2.65 bits per heavy atom. The van der Waals surface area contributed by atoms with Crippen LogP contribution in [0, 0.1) is 0 Å². The number of benzene rings is 2. The van der Waals surface area contributed by atoms with Crippen LogP contribution in [-0.2, 0) is 14.2 Å². The van der Waals surface area contributed by atoms with Crippen molar-refractivity contribution < 1.29 is 23.7 Å². The number of anilines is 2. The van der Waals surface area contributed by atoms with E-state index in [9.17, 15) is 0 Å². The molecule has 10 heteroatoms. The van der Waals surface area contributed by atoms with Crippen LogP contribution in [0.25, 0.3) is 0 Å². The minimum absolute atomic E-state index is 0.0616. The van der Waals surface area contributed by atoms with Crippen molar-refractivity contribution in [2.24, 2.45) is 4.99 Å². The highest BCUT2D eigenvalue weighted by Crippen LogP contribution is 2.39. The number of nitrogens with one attached hydrogen (secondary N) is 2. The van der Waals surface area contributed by atoms with Crippen molar-refractivity contribution in [1.82, 2.24) is 0 Å². The average molecular weight is 553 g/mol. The highest BCUT2D eigenvalue weighted by Gasteiger charge is 2.49. The van der Waals surface area contributed by atoms with Crippen LogP contribution in [0.4, 0.5) is 11.4 Å². The molecule has 0 amide bonds. The zero-order chi connectivity index (χ0) is 23.8. The summed E-state index contributed by atoms with van der Waals surface area (Å²) >= 11 is 9.70. The van der Waals surface area contributed by atoms with Gasteiger partial charge in [0.1, 0.15) is 30.3 Å². The van der Waals surface area contributed by atoms with Gasteiger partial charge in [-0.15, -0.1) is 0 Å². The lowest BCUT2D eigenvalue weighted by molar-refractivity contribution is -0.0310. The van der Waals surface area contributed by atoms with Crippen LogP contribution in [0.3, 0.4) is 0 Å². The summed E-state index contributed by atoms with van der Waals surface area (Å²) in [5.41, 5.74) is 2.59. The van der Waals surface area contributed by atoms with E-state index in [1.807, 2.05) is 44.2 Å². The van der Waals surface area contributed by atoms with Crippen LogP contribution in [0.1, 0.15) is 19.4 Å². The summed E-state index contributed by atoms with van der Waals surface area (Å²) in [6.45, 7) is 5.52. The molecule has 0 unspecified atom stereocenters. The Kier molecular flexibility index (Phi) is 6.90. The Hall–Kier alpha value is -2.04. The first-order valence-electron chi connectivity index (χ1n) is 11.3. The number of hydrogen-bond donors (Lipinski definition) is 2. The van der Waals surface area contributed by atoms with Crippen LogP contribution >= 0.6 is 27.5 Å². The van der Waals surface area contributed by atoms with E-state index in [0.29, 0.717) is 42.2 Å². The van der Waals surface area contributed by atoms with Gasteiger partial charge < -0.3 is 34.3 Å². The van der Waals surface area contributed by atoms with Crippen LogP contribution in [-0.4, -0.2) is 63.3 Å². The molecule has 3 aliphatic rings. The molecule has 2 saturated heterocycles. The quantitative estimate of drug-likeness (QED) is 0.538. The first kappa shape index (κ1) is 23.7. The Balaban J connectivity index is 1.39. The van der Waals surface area contributed by atoms with E-state index in [4.69, 9.17) is 40.3 Å². The third kappa shape index (κ3) is 4.59. The maximum atomic E-state index is 6.37. The molecule has 3 aliphatic heterocycles. The summed E-state index contributed by atoms with van der Waals surface area (Å²) in [6.07, 6.45) is -0.739. The van der Waals surface area contributed by atoms with Gasteiger partial charge in [0.05, 0.1) is 31.0 Å². The van der Waals surface area contributed by atoms with Crippen LogP contribution in [0.2, 0.25) is 5.02 Å². The van der Waals surface area contributed by atoms with Crippen molar-refractivity contribution in [2.45, 2.75) is 44.4 Å². The molecule has 5 rings (SSSR count). The van der Waals surface area contributed by atoms with E-state index in [-0.39, 0.29) is 30.6 Å². The number of rotatable bonds is 6. The molecule has 2 N–H and O–H groups in total. The smallest absolute Gasteiger partial charge is 0.163 e. The Morgan fingerprint density at radius 1 is 1.15 bits per heavy atom. The Morgan fingerprint density at radius 2 is 1.91 bits per heavy atom. The second-order valence-electron chi connectivity index (χ2n) is 8.35. The number of nitrogens with zero attached hydrogens (tertiary/aromatic N) is 1. The standard InChI is InChI=1S/C24H27BrClN3O5/c1-4-31-20-10-32-23-21(11-33-22(20)23)34-19-9-17-14(8-18(19)30-3)24(28-12(2)27-17)29-13-5-6-15(25)16(26)7-13/h5-9,12,20-23,27H,4,10-11H2,1-3H3,(H,28,29)/t12-,20+,21+,22-,23-/m1/s1. The van der Waals surface area contributed by atoms with Gasteiger partial charge in [0, 0.05) is 28.4 Å². The fourth-order valence-corrected chi connectivity index (χ4v) is 4.94. The maximum absolute atomic E-state index is 6.37. The summed E-state index contributed by atoms with van der Waals surface area (Å²) in [5.74, 6) is 1.93. The fraction of sp³-hybridized carbons (Fsp3) is 0.458. The zero-order valence-corrected chi connectivity index (χ0v) is 21.5. The fourth-order valence-electron chi connectivity index (χ4n) is 4.51. The van der Waals surface area contributed by atoms with Gasteiger partial charge in [0.2, 0.25) is 0 Å². The number of ether oxygens (including phenoxy) is 5. The van der Waals surface area contributed by atoms with Crippen molar-refractivity contribution >= 4 is 44.7 Å². The van der Waals surface area contributed by atoms with Gasteiger partial charge in [-0.2, -0.15) is 0 Å². The van der Waals surface area contributed by atoms with E-state index in [1.165, 1.54) is 0 Å². The molecule has 0 saturated carbocycles. The van der Waals surface area contributed by atoms with Crippen LogP contribution in [0.5, 0.6) is 11.5 Å². The van der Waals surface area contributed by atoms with Crippen LogP contribution in [0.15, 0.2) is 39.8 Å². The Bertz CT molecular complexity index is 1100. The third-order valence-electron chi connectivity index (χ3n) is 6.05. The summed E-state index contributed by atoms with van der Waals surface area (Å²) in [4.78, 5) is 4.74. The largest absolute Gasteiger partial charge is 0.493 e. The molecule has 0 aliphatic carbocycles. The number of amidine groups is 1. The van der Waals surface area contributed by atoms with Gasteiger partial charge >= 0.3 is 0 Å². The molecule has 2 fully saturated rings. The molecular formula is C24H27BrClN3O5. The van der Waals surface area contributed by atoms with Gasteiger partial charge in [-0.3, -0.25) is 0 Å². The number of halogens is 2. The van der Waals surface area contributed by atoms with Gasteiger partial charge in [0.25, 0.3) is 0 Å². The molecule has 0 bridgehead atoms. The lowest BCUT2D eigenvalue weighted by atomic mass is 10.1. The molecule has 2 aromatic carbocycles. The number of methoxy groups -OCH3 is 1.